The SMILES string of the molecule is CC(=O)Nc1cccc(C2(O)CCNC2)c1. The van der Waals surface area contributed by atoms with Crippen LogP contribution in [-0.2, 0) is 10.4 Å². The summed E-state index contributed by atoms with van der Waals surface area (Å²) in [6.07, 6.45) is 0.705. The summed E-state index contributed by atoms with van der Waals surface area (Å²) in [6, 6.07) is 7.38. The molecule has 2 rings (SSSR count). The average molecular weight is 220 g/mol. The van der Waals surface area contributed by atoms with Gasteiger partial charge in [-0.3, -0.25) is 4.79 Å². The number of anilines is 1. The van der Waals surface area contributed by atoms with Gasteiger partial charge >= 0.3 is 0 Å². The van der Waals surface area contributed by atoms with E-state index in [0.717, 1.165) is 17.8 Å². The van der Waals surface area contributed by atoms with E-state index in [9.17, 15) is 9.90 Å². The monoisotopic (exact) mass is 220 g/mol. The van der Waals surface area contributed by atoms with Gasteiger partial charge in [-0.05, 0) is 30.7 Å². The Kier molecular flexibility index (Phi) is 2.94. The van der Waals surface area contributed by atoms with Crippen molar-refractivity contribution in [2.75, 3.05) is 18.4 Å². The van der Waals surface area contributed by atoms with Crippen LogP contribution in [0.2, 0.25) is 0 Å². The molecule has 0 radical (unpaired) electrons. The maximum atomic E-state index is 10.9. The average Bonchev–Trinajstić information content (AvgIpc) is 2.66. The number of amides is 1. The molecule has 3 N–H and O–H groups in total. The van der Waals surface area contributed by atoms with Gasteiger partial charge in [0, 0.05) is 19.2 Å². The summed E-state index contributed by atoms with van der Waals surface area (Å²) in [5.74, 6) is -0.103. The zero-order valence-electron chi connectivity index (χ0n) is 9.29. The first kappa shape index (κ1) is 11.1. The smallest absolute Gasteiger partial charge is 0.221 e. The summed E-state index contributed by atoms with van der Waals surface area (Å²) in [6.45, 7) is 2.86. The van der Waals surface area contributed by atoms with Gasteiger partial charge in [-0.2, -0.15) is 0 Å². The molecular formula is C12H16N2O2. The van der Waals surface area contributed by atoms with Crippen LogP contribution in [-0.4, -0.2) is 24.1 Å². The van der Waals surface area contributed by atoms with Crippen LogP contribution in [0, 0.1) is 0 Å². The number of nitrogens with one attached hydrogen (secondary N) is 2. The standard InChI is InChI=1S/C12H16N2O2/c1-9(15)14-11-4-2-3-10(7-11)12(16)5-6-13-8-12/h2-4,7,13,16H,5-6,8H2,1H3,(H,14,15). The number of rotatable bonds is 2. The van der Waals surface area contributed by atoms with Crippen molar-refractivity contribution in [3.8, 4) is 0 Å². The fourth-order valence-corrected chi connectivity index (χ4v) is 2.01. The van der Waals surface area contributed by atoms with Crippen molar-refractivity contribution >= 4 is 11.6 Å². The normalized spacial score (nSPS) is 24.4. The first-order valence-corrected chi connectivity index (χ1v) is 5.41. The maximum Gasteiger partial charge on any atom is 0.221 e. The van der Waals surface area contributed by atoms with Crippen molar-refractivity contribution in [3.05, 3.63) is 29.8 Å². The Balaban J connectivity index is 2.24. The highest BCUT2D eigenvalue weighted by Crippen LogP contribution is 2.29. The Morgan fingerprint density at radius 1 is 1.56 bits per heavy atom. The number of β-amino-alcohol motifs (C(OH)–C–C–N with tert-alkyl or cyclic N) is 1. The topological polar surface area (TPSA) is 61.4 Å². The Labute approximate surface area is 94.7 Å². The van der Waals surface area contributed by atoms with Gasteiger partial charge in [0.1, 0.15) is 5.60 Å². The predicted octanol–water partition coefficient (Wildman–Crippen LogP) is 0.826. The van der Waals surface area contributed by atoms with Crippen LogP contribution in [0.25, 0.3) is 0 Å². The van der Waals surface area contributed by atoms with Gasteiger partial charge in [0.05, 0.1) is 0 Å². The molecule has 0 bridgehead atoms. The lowest BCUT2D eigenvalue weighted by atomic mass is 9.93. The van der Waals surface area contributed by atoms with Crippen LogP contribution in [0.5, 0.6) is 0 Å². The minimum atomic E-state index is -0.797. The van der Waals surface area contributed by atoms with E-state index in [4.69, 9.17) is 0 Å². The molecule has 1 saturated heterocycles. The molecule has 4 heteroatoms. The summed E-state index contributed by atoms with van der Waals surface area (Å²) >= 11 is 0. The molecular weight excluding hydrogens is 204 g/mol. The van der Waals surface area contributed by atoms with Crippen LogP contribution < -0.4 is 10.6 Å². The molecule has 1 heterocycles. The molecule has 4 nitrogen and oxygen atoms in total. The highest BCUT2D eigenvalue weighted by molar-refractivity contribution is 5.88. The number of carbonyl (C=O) groups is 1. The van der Waals surface area contributed by atoms with E-state index in [2.05, 4.69) is 10.6 Å². The zero-order chi connectivity index (χ0) is 11.6. The van der Waals surface area contributed by atoms with E-state index < -0.39 is 5.60 Å². The molecule has 1 atom stereocenters. The minimum absolute atomic E-state index is 0.103. The van der Waals surface area contributed by atoms with Crippen LogP contribution in [0.15, 0.2) is 24.3 Å². The third-order valence-corrected chi connectivity index (χ3v) is 2.85. The lowest BCUT2D eigenvalue weighted by Crippen LogP contribution is -2.28. The molecule has 1 aromatic rings. The van der Waals surface area contributed by atoms with E-state index in [0.29, 0.717) is 13.0 Å². The Morgan fingerprint density at radius 2 is 2.38 bits per heavy atom. The van der Waals surface area contributed by atoms with Crippen molar-refractivity contribution in [2.24, 2.45) is 0 Å². The van der Waals surface area contributed by atoms with Gasteiger partial charge in [0.2, 0.25) is 5.91 Å². The second kappa shape index (κ2) is 4.23. The van der Waals surface area contributed by atoms with E-state index >= 15 is 0 Å². The number of hydrogen-bond donors (Lipinski definition) is 3. The van der Waals surface area contributed by atoms with Gasteiger partial charge in [0.25, 0.3) is 0 Å². The summed E-state index contributed by atoms with van der Waals surface area (Å²) in [5.41, 5.74) is 0.781. The molecule has 1 aliphatic heterocycles. The first-order chi connectivity index (χ1) is 7.60. The highest BCUT2D eigenvalue weighted by atomic mass is 16.3. The molecule has 0 aromatic heterocycles. The molecule has 1 unspecified atom stereocenters. The van der Waals surface area contributed by atoms with Gasteiger partial charge < -0.3 is 15.7 Å². The Morgan fingerprint density at radius 3 is 3.00 bits per heavy atom. The Bertz CT molecular complexity index is 398. The number of aliphatic hydroxyl groups is 1. The molecule has 86 valence electrons. The van der Waals surface area contributed by atoms with Crippen LogP contribution >= 0.6 is 0 Å². The number of benzene rings is 1. The van der Waals surface area contributed by atoms with E-state index in [1.165, 1.54) is 6.92 Å². The third kappa shape index (κ3) is 2.23. The molecule has 1 aliphatic rings. The molecule has 16 heavy (non-hydrogen) atoms. The molecule has 1 fully saturated rings. The molecule has 0 aliphatic carbocycles. The van der Waals surface area contributed by atoms with Crippen molar-refractivity contribution in [3.63, 3.8) is 0 Å². The quantitative estimate of drug-likeness (QED) is 0.691. The summed E-state index contributed by atoms with van der Waals surface area (Å²) in [7, 11) is 0. The van der Waals surface area contributed by atoms with Gasteiger partial charge in [-0.25, -0.2) is 0 Å². The van der Waals surface area contributed by atoms with Crippen LogP contribution in [0.3, 0.4) is 0 Å². The second-order valence-corrected chi connectivity index (χ2v) is 4.22. The van der Waals surface area contributed by atoms with Crippen LogP contribution in [0.1, 0.15) is 18.9 Å². The van der Waals surface area contributed by atoms with E-state index in [-0.39, 0.29) is 5.91 Å². The van der Waals surface area contributed by atoms with Gasteiger partial charge in [0.15, 0.2) is 0 Å². The third-order valence-electron chi connectivity index (χ3n) is 2.85. The largest absolute Gasteiger partial charge is 0.384 e. The van der Waals surface area contributed by atoms with Gasteiger partial charge in [-0.15, -0.1) is 0 Å². The fraction of sp³-hybridized carbons (Fsp3) is 0.417. The summed E-state index contributed by atoms with van der Waals surface area (Å²) in [4.78, 5) is 10.9. The zero-order valence-corrected chi connectivity index (χ0v) is 9.29. The highest BCUT2D eigenvalue weighted by Gasteiger charge is 2.32. The lowest BCUT2D eigenvalue weighted by Gasteiger charge is -2.22. The summed E-state index contributed by atoms with van der Waals surface area (Å²) < 4.78 is 0. The van der Waals surface area contributed by atoms with Crippen molar-refractivity contribution in [1.82, 2.24) is 5.32 Å². The molecule has 0 spiro atoms. The Hall–Kier alpha value is -1.39. The van der Waals surface area contributed by atoms with Crippen LogP contribution in [0.4, 0.5) is 5.69 Å². The van der Waals surface area contributed by atoms with E-state index in [1.807, 2.05) is 24.3 Å². The fourth-order valence-electron chi connectivity index (χ4n) is 2.01. The second-order valence-electron chi connectivity index (χ2n) is 4.22. The first-order valence-electron chi connectivity index (χ1n) is 5.41. The number of carbonyl (C=O) groups excluding carboxylic acids is 1. The van der Waals surface area contributed by atoms with Crippen molar-refractivity contribution in [2.45, 2.75) is 18.9 Å². The van der Waals surface area contributed by atoms with E-state index in [1.54, 1.807) is 0 Å². The lowest BCUT2D eigenvalue weighted by molar-refractivity contribution is -0.114. The minimum Gasteiger partial charge on any atom is -0.384 e. The summed E-state index contributed by atoms with van der Waals surface area (Å²) in [5, 5.41) is 16.2. The van der Waals surface area contributed by atoms with Crippen molar-refractivity contribution < 1.29 is 9.90 Å². The molecule has 1 aromatic carbocycles. The number of hydrogen-bond acceptors (Lipinski definition) is 3. The predicted molar refractivity (Wildman–Crippen MR) is 62.1 cm³/mol. The van der Waals surface area contributed by atoms with Gasteiger partial charge in [-0.1, -0.05) is 12.1 Å². The molecule has 0 saturated carbocycles. The maximum absolute atomic E-state index is 10.9. The van der Waals surface area contributed by atoms with Crippen molar-refractivity contribution in [1.29, 1.82) is 0 Å². The molecule has 1 amide bonds.